The van der Waals surface area contributed by atoms with Crippen LogP contribution in [0.2, 0.25) is 0 Å². The smallest absolute Gasteiger partial charge is 0.407 e. The van der Waals surface area contributed by atoms with Gasteiger partial charge in [-0.2, -0.15) is 0 Å². The number of benzene rings is 3. The van der Waals surface area contributed by atoms with Crippen molar-refractivity contribution in [1.82, 2.24) is 25.8 Å². The number of nitrogens with one attached hydrogen (secondary N) is 3. The number of esters is 1. The van der Waals surface area contributed by atoms with E-state index in [9.17, 15) is 24.0 Å². The first-order valence-corrected chi connectivity index (χ1v) is 26.7. The number of alkyl carbamates (subject to hydrolysis) is 2. The number of amides is 5. The molecule has 416 valence electrons. The Labute approximate surface area is 449 Å². The summed E-state index contributed by atoms with van der Waals surface area (Å²) in [7, 11) is 2.74. The highest BCUT2D eigenvalue weighted by atomic mass is 16.6. The Morgan fingerprint density at radius 1 is 0.750 bits per heavy atom. The van der Waals surface area contributed by atoms with Gasteiger partial charge in [0.15, 0.2) is 5.78 Å². The lowest BCUT2D eigenvalue weighted by Gasteiger charge is -2.35. The third kappa shape index (κ3) is 17.5. The molecule has 17 nitrogen and oxygen atoms in total. The molecule has 17 heteroatoms. The molecule has 0 unspecified atom stereocenters. The van der Waals surface area contributed by atoms with Crippen molar-refractivity contribution >= 4 is 41.7 Å². The number of ether oxygens (including phenoxy) is 5. The summed E-state index contributed by atoms with van der Waals surface area (Å²) in [5, 5.41) is 8.24. The van der Waals surface area contributed by atoms with Gasteiger partial charge in [-0.3, -0.25) is 19.2 Å². The normalized spacial score (nSPS) is 18.0. The van der Waals surface area contributed by atoms with E-state index in [0.29, 0.717) is 59.9 Å². The molecule has 2 heterocycles. The predicted octanol–water partition coefficient (Wildman–Crippen LogP) is 8.98. The van der Waals surface area contributed by atoms with Crippen molar-refractivity contribution in [3.8, 4) is 22.6 Å². The second kappa shape index (κ2) is 26.4. The summed E-state index contributed by atoms with van der Waals surface area (Å²) in [5.74, 6) is -3.34. The van der Waals surface area contributed by atoms with Crippen LogP contribution in [0.3, 0.4) is 0 Å². The molecule has 0 spiro atoms. The first-order valence-electron chi connectivity index (χ1n) is 26.7. The average Bonchev–Trinajstić information content (AvgIpc) is 3.34. The fraction of sp³-hybridized carbons (Fsp3) is 0.576. The lowest BCUT2D eigenvalue weighted by Crippen LogP contribution is -2.46. The van der Waals surface area contributed by atoms with Crippen molar-refractivity contribution in [2.45, 2.75) is 156 Å². The highest BCUT2D eigenvalue weighted by Gasteiger charge is 2.38. The number of nitrogens with zero attached hydrogens (tertiary/aromatic N) is 2. The van der Waals surface area contributed by atoms with Crippen LogP contribution >= 0.6 is 0 Å². The summed E-state index contributed by atoms with van der Waals surface area (Å²) in [6.45, 7) is 22.1. The molecule has 3 aromatic carbocycles. The number of likely N-dealkylation sites (tertiary alicyclic amines) is 1. The van der Waals surface area contributed by atoms with Gasteiger partial charge in [0.25, 0.3) is 0 Å². The molecule has 4 bridgehead atoms. The van der Waals surface area contributed by atoms with E-state index >= 15 is 9.59 Å². The number of hydrogen-bond acceptors (Lipinski definition) is 12. The number of methoxy groups -OCH3 is 1. The number of rotatable bonds is 16. The summed E-state index contributed by atoms with van der Waals surface area (Å²) in [5.41, 5.74) is 3.06. The Balaban J connectivity index is 1.54. The zero-order valence-electron chi connectivity index (χ0n) is 47.1. The first kappa shape index (κ1) is 60.2. The molecule has 2 aliphatic rings. The second-order valence-corrected chi connectivity index (χ2v) is 23.1. The van der Waals surface area contributed by atoms with Gasteiger partial charge in [-0.15, -0.1) is 0 Å². The van der Waals surface area contributed by atoms with Crippen LogP contribution in [0.5, 0.6) is 11.5 Å². The number of hydrogen-bond donors (Lipinski definition) is 3. The predicted molar refractivity (Wildman–Crippen MR) is 290 cm³/mol. The average molecular weight is 1050 g/mol. The molecule has 76 heavy (non-hydrogen) atoms. The van der Waals surface area contributed by atoms with E-state index in [-0.39, 0.29) is 62.6 Å². The summed E-state index contributed by atoms with van der Waals surface area (Å²) < 4.78 is 28.7. The molecule has 5 amide bonds. The SMILES string of the molecule is CCCOc1ccc2cc1-c1cc(ccc1OCCNC(=O)OC(C)(C)C)C[C@@H](C(=O)OC)NC(=O)[C@H](C)CC(=O)[C@H]2N(C)C(=O)[C@H](CCNC(=O)OC(C)(C)C)CC(=O)N1CCC(c2ccc(C(C)(C)C)cc2)CC1. The Morgan fingerprint density at radius 3 is 1.89 bits per heavy atom. The Morgan fingerprint density at radius 2 is 1.32 bits per heavy atom. The first-order chi connectivity index (χ1) is 35.7. The molecule has 5 rings (SSSR count). The topological polar surface area (TPSA) is 208 Å². The molecule has 1 fully saturated rings. The Kier molecular flexibility index (Phi) is 20.9. The Hall–Kier alpha value is -6.65. The zero-order chi connectivity index (χ0) is 56.1. The minimum Gasteiger partial charge on any atom is -0.493 e. The van der Waals surface area contributed by atoms with E-state index in [0.717, 1.165) is 12.8 Å². The maximum Gasteiger partial charge on any atom is 0.407 e. The molecule has 0 aromatic heterocycles. The molecular weight excluding hydrogens is 971 g/mol. The number of ketones is 1. The fourth-order valence-corrected chi connectivity index (χ4v) is 9.40. The van der Waals surface area contributed by atoms with Crippen molar-refractivity contribution in [3.05, 3.63) is 82.9 Å². The third-order valence-corrected chi connectivity index (χ3v) is 13.4. The maximum absolute atomic E-state index is 15.2. The van der Waals surface area contributed by atoms with Crippen molar-refractivity contribution in [3.63, 3.8) is 0 Å². The largest absolute Gasteiger partial charge is 0.493 e. The minimum atomic E-state index is -1.29. The van der Waals surface area contributed by atoms with E-state index in [2.05, 4.69) is 61.0 Å². The van der Waals surface area contributed by atoms with Crippen molar-refractivity contribution in [2.75, 3.05) is 53.6 Å². The van der Waals surface area contributed by atoms with Gasteiger partial charge in [-0.1, -0.05) is 71.0 Å². The minimum absolute atomic E-state index is 0.00369. The molecule has 0 radical (unpaired) electrons. The lowest BCUT2D eigenvalue weighted by atomic mass is 9.83. The fourth-order valence-electron chi connectivity index (χ4n) is 9.40. The molecule has 3 aromatic rings. The maximum atomic E-state index is 15.2. The summed E-state index contributed by atoms with van der Waals surface area (Å²) >= 11 is 0. The third-order valence-electron chi connectivity index (χ3n) is 13.4. The van der Waals surface area contributed by atoms with Crippen LogP contribution in [0, 0.1) is 11.8 Å². The number of carbonyl (C=O) groups excluding carboxylic acids is 7. The molecule has 2 aliphatic heterocycles. The molecule has 4 atom stereocenters. The van der Waals surface area contributed by atoms with E-state index in [1.54, 1.807) is 83.7 Å². The summed E-state index contributed by atoms with van der Waals surface area (Å²) in [6, 6.07) is 16.8. The van der Waals surface area contributed by atoms with E-state index in [1.807, 2.05) is 13.0 Å². The highest BCUT2D eigenvalue weighted by Crippen LogP contribution is 2.41. The van der Waals surface area contributed by atoms with Crippen molar-refractivity contribution < 1.29 is 57.2 Å². The number of fused-ring (bicyclic) bond motifs is 5. The van der Waals surface area contributed by atoms with Gasteiger partial charge >= 0.3 is 18.2 Å². The van der Waals surface area contributed by atoms with Gasteiger partial charge in [-0.05, 0) is 125 Å². The quantitative estimate of drug-likeness (QED) is 0.0698. The van der Waals surface area contributed by atoms with Crippen LogP contribution in [-0.4, -0.2) is 122 Å². The number of Topliss-reactive ketones (excluding diaryl/α,β-unsaturated/α-hetero) is 1. The monoisotopic (exact) mass is 1050 g/mol. The van der Waals surface area contributed by atoms with Gasteiger partial charge < -0.3 is 49.4 Å². The van der Waals surface area contributed by atoms with Gasteiger partial charge in [0, 0.05) is 68.9 Å². The number of likely N-dealkylation sites (N-methyl/N-ethyl adjacent to an activating group) is 1. The van der Waals surface area contributed by atoms with Crippen LogP contribution in [0.15, 0.2) is 60.7 Å². The van der Waals surface area contributed by atoms with Crippen LogP contribution in [0.4, 0.5) is 9.59 Å². The van der Waals surface area contributed by atoms with Crippen LogP contribution in [0.25, 0.3) is 11.1 Å². The lowest BCUT2D eigenvalue weighted by molar-refractivity contribution is -0.146. The van der Waals surface area contributed by atoms with Crippen LogP contribution < -0.4 is 25.4 Å². The van der Waals surface area contributed by atoms with E-state index in [4.69, 9.17) is 23.7 Å². The van der Waals surface area contributed by atoms with Crippen molar-refractivity contribution in [2.24, 2.45) is 11.8 Å². The van der Waals surface area contributed by atoms with Crippen LogP contribution in [0.1, 0.15) is 149 Å². The van der Waals surface area contributed by atoms with Gasteiger partial charge in [0.05, 0.1) is 20.3 Å². The standard InChI is InChI=1S/C59H83N5O12/c1-14-30-73-49-22-18-41-35-45(49)44-33-38(15-21-48(44)74-31-27-61-56(71)76-59(9,10)11)34-46(54(69)72-13)62-52(67)37(2)32-47(65)51(41)63(12)53(68)42(23-26-60-55(70)75-58(6,7)8)36-50(66)64-28-24-40(25-29-64)39-16-19-43(20-17-39)57(3,4)5/h15-22,33,35,37,40,42,46,51H,14,23-32,34,36H2,1-13H3,(H,60,70)(H,61,71)(H,62,67)/t37-,42-,46+,51+/m1/s1. The molecule has 0 aliphatic carbocycles. The highest BCUT2D eigenvalue weighted by molar-refractivity contribution is 5.96. The number of piperidine rings is 1. The van der Waals surface area contributed by atoms with Gasteiger partial charge in [-0.25, -0.2) is 14.4 Å². The molecule has 3 N–H and O–H groups in total. The van der Waals surface area contributed by atoms with Crippen molar-refractivity contribution in [1.29, 1.82) is 0 Å². The zero-order valence-corrected chi connectivity index (χ0v) is 47.1. The summed E-state index contributed by atoms with van der Waals surface area (Å²) in [4.78, 5) is 100. The second-order valence-electron chi connectivity index (χ2n) is 23.1. The summed E-state index contributed by atoms with van der Waals surface area (Å²) in [6.07, 6.45) is 0.445. The van der Waals surface area contributed by atoms with Gasteiger partial charge in [0.2, 0.25) is 17.7 Å². The Bertz CT molecular complexity index is 2520. The molecular formula is C59H83N5O12. The molecule has 1 saturated heterocycles. The molecule has 0 saturated carbocycles. The number of carbonyl (C=O) groups is 7. The van der Waals surface area contributed by atoms with Crippen LogP contribution in [-0.2, 0) is 50.0 Å². The van der Waals surface area contributed by atoms with E-state index in [1.165, 1.54) is 30.2 Å². The van der Waals surface area contributed by atoms with Gasteiger partial charge in [0.1, 0.15) is 41.4 Å². The van der Waals surface area contributed by atoms with E-state index < -0.39 is 70.9 Å².